The van der Waals surface area contributed by atoms with E-state index in [2.05, 4.69) is 10.6 Å². The van der Waals surface area contributed by atoms with E-state index in [0.29, 0.717) is 5.75 Å². The van der Waals surface area contributed by atoms with Crippen molar-refractivity contribution in [2.75, 3.05) is 18.6 Å². The van der Waals surface area contributed by atoms with Gasteiger partial charge in [0, 0.05) is 12.3 Å². The van der Waals surface area contributed by atoms with Crippen LogP contribution in [-0.2, 0) is 19.1 Å². The van der Waals surface area contributed by atoms with Crippen LogP contribution in [0.15, 0.2) is 48.5 Å². The zero-order chi connectivity index (χ0) is 25.4. The summed E-state index contributed by atoms with van der Waals surface area (Å²) in [6.45, 7) is 0.0904. The predicted molar refractivity (Wildman–Crippen MR) is 133 cm³/mol. The van der Waals surface area contributed by atoms with Crippen LogP contribution in [0, 0.1) is 0 Å². The number of benzene rings is 2. The van der Waals surface area contributed by atoms with Crippen LogP contribution in [0.2, 0.25) is 0 Å². The van der Waals surface area contributed by atoms with E-state index < -0.39 is 36.0 Å². The van der Waals surface area contributed by atoms with E-state index in [1.54, 1.807) is 0 Å². The predicted octanol–water partition coefficient (Wildman–Crippen LogP) is 2.48. The Hall–Kier alpha value is -3.53. The third kappa shape index (κ3) is 6.75. The first-order valence-electron chi connectivity index (χ1n) is 11.2. The molecule has 1 aliphatic rings. The number of rotatable bonds is 12. The van der Waals surface area contributed by atoms with Gasteiger partial charge in [0.1, 0.15) is 18.7 Å². The Kier molecular flexibility index (Phi) is 9.13. The second-order valence-electron chi connectivity index (χ2n) is 8.21. The van der Waals surface area contributed by atoms with Gasteiger partial charge in [-0.15, -0.1) is 0 Å². The third-order valence-electron chi connectivity index (χ3n) is 5.86. The maximum atomic E-state index is 12.8. The number of carbonyl (C=O) groups excluding carboxylic acids is 3. The summed E-state index contributed by atoms with van der Waals surface area (Å²) in [7, 11) is 0. The fourth-order valence-electron chi connectivity index (χ4n) is 4.10. The molecule has 10 heteroatoms. The van der Waals surface area contributed by atoms with Gasteiger partial charge in [0.2, 0.25) is 11.8 Å². The molecule has 0 spiro atoms. The van der Waals surface area contributed by atoms with Crippen LogP contribution in [0.25, 0.3) is 11.1 Å². The van der Waals surface area contributed by atoms with Crippen molar-refractivity contribution in [3.8, 4) is 11.1 Å². The van der Waals surface area contributed by atoms with Crippen molar-refractivity contribution in [3.63, 3.8) is 0 Å². The van der Waals surface area contributed by atoms with Crippen LogP contribution < -0.4 is 16.4 Å². The molecule has 5 N–H and O–H groups in total. The molecule has 186 valence electrons. The van der Waals surface area contributed by atoms with Gasteiger partial charge in [-0.05, 0) is 47.1 Å². The summed E-state index contributed by atoms with van der Waals surface area (Å²) in [5.41, 5.74) is 9.42. The van der Waals surface area contributed by atoms with E-state index in [1.165, 1.54) is 11.8 Å². The maximum Gasteiger partial charge on any atom is 0.407 e. The molecule has 2 aromatic carbocycles. The van der Waals surface area contributed by atoms with Gasteiger partial charge in [0.25, 0.3) is 0 Å². The van der Waals surface area contributed by atoms with Gasteiger partial charge in [-0.25, -0.2) is 9.59 Å². The highest BCUT2D eigenvalue weighted by molar-refractivity contribution is 7.98. The summed E-state index contributed by atoms with van der Waals surface area (Å²) in [6.07, 6.45) is 1.04. The molecule has 0 saturated heterocycles. The van der Waals surface area contributed by atoms with Crippen molar-refractivity contribution in [3.05, 3.63) is 59.7 Å². The van der Waals surface area contributed by atoms with E-state index in [4.69, 9.17) is 10.5 Å². The van der Waals surface area contributed by atoms with Crippen molar-refractivity contribution in [2.24, 2.45) is 5.73 Å². The lowest BCUT2D eigenvalue weighted by molar-refractivity contribution is -0.142. The molecule has 2 atom stereocenters. The largest absolute Gasteiger partial charge is 0.480 e. The number of fused-ring (bicyclic) bond motifs is 3. The molecule has 0 heterocycles. The molecule has 0 radical (unpaired) electrons. The van der Waals surface area contributed by atoms with Crippen molar-refractivity contribution in [1.82, 2.24) is 10.6 Å². The molecule has 0 saturated carbocycles. The summed E-state index contributed by atoms with van der Waals surface area (Å²) in [5.74, 6) is -2.19. The van der Waals surface area contributed by atoms with Crippen LogP contribution >= 0.6 is 11.8 Å². The van der Waals surface area contributed by atoms with Crippen LogP contribution in [-0.4, -0.2) is 59.7 Å². The van der Waals surface area contributed by atoms with Gasteiger partial charge in [-0.3, -0.25) is 9.59 Å². The minimum absolute atomic E-state index is 0.0904. The van der Waals surface area contributed by atoms with Crippen LogP contribution in [0.5, 0.6) is 0 Å². The van der Waals surface area contributed by atoms with Gasteiger partial charge in [0.15, 0.2) is 0 Å². The SMILES string of the molecule is CSCC[C@H](NC(=O)OCC1c2ccccc2-c2ccccc21)C(=O)N[C@@H](CCC(N)=O)C(=O)O. The summed E-state index contributed by atoms with van der Waals surface area (Å²) in [6, 6.07) is 13.6. The first-order valence-corrected chi connectivity index (χ1v) is 12.6. The minimum atomic E-state index is -1.30. The van der Waals surface area contributed by atoms with Gasteiger partial charge in [0.05, 0.1) is 0 Å². The van der Waals surface area contributed by atoms with Gasteiger partial charge >= 0.3 is 12.1 Å². The van der Waals surface area contributed by atoms with E-state index >= 15 is 0 Å². The lowest BCUT2D eigenvalue weighted by atomic mass is 9.98. The third-order valence-corrected chi connectivity index (χ3v) is 6.50. The molecule has 0 aliphatic heterocycles. The van der Waals surface area contributed by atoms with E-state index in [-0.39, 0.29) is 31.8 Å². The van der Waals surface area contributed by atoms with Crippen molar-refractivity contribution in [2.45, 2.75) is 37.3 Å². The number of carboxylic acids is 1. The molecule has 9 nitrogen and oxygen atoms in total. The van der Waals surface area contributed by atoms with Crippen LogP contribution in [0.4, 0.5) is 4.79 Å². The average molecular weight is 500 g/mol. The van der Waals surface area contributed by atoms with Crippen molar-refractivity contribution < 1.29 is 29.0 Å². The fraction of sp³-hybridized carbons (Fsp3) is 0.360. The highest BCUT2D eigenvalue weighted by Gasteiger charge is 2.30. The molecule has 1 aliphatic carbocycles. The summed E-state index contributed by atoms with van der Waals surface area (Å²) in [4.78, 5) is 47.9. The zero-order valence-electron chi connectivity index (χ0n) is 19.4. The Balaban J connectivity index is 1.64. The first-order chi connectivity index (χ1) is 16.8. The normalized spacial score (nSPS) is 13.7. The Bertz CT molecular complexity index is 1050. The summed E-state index contributed by atoms with van der Waals surface area (Å²) >= 11 is 1.48. The number of nitrogens with one attached hydrogen (secondary N) is 2. The number of hydrogen-bond donors (Lipinski definition) is 4. The molecular weight excluding hydrogens is 470 g/mol. The molecule has 2 aromatic rings. The maximum absolute atomic E-state index is 12.8. The average Bonchev–Trinajstić information content (AvgIpc) is 3.16. The van der Waals surface area contributed by atoms with Gasteiger partial charge in [-0.2, -0.15) is 11.8 Å². The Morgan fingerprint density at radius 2 is 1.57 bits per heavy atom. The van der Waals surface area contributed by atoms with E-state index in [0.717, 1.165) is 22.3 Å². The fourth-order valence-corrected chi connectivity index (χ4v) is 4.57. The topological polar surface area (TPSA) is 148 Å². The Morgan fingerprint density at radius 1 is 0.971 bits per heavy atom. The Labute approximate surface area is 207 Å². The molecule has 0 unspecified atom stereocenters. The zero-order valence-corrected chi connectivity index (χ0v) is 20.2. The summed E-state index contributed by atoms with van der Waals surface area (Å²) < 4.78 is 5.52. The van der Waals surface area contributed by atoms with E-state index in [1.807, 2.05) is 54.8 Å². The molecule has 3 rings (SSSR count). The highest BCUT2D eigenvalue weighted by atomic mass is 32.2. The number of amides is 3. The number of carboxylic acid groups (broad SMARTS) is 1. The molecule has 0 bridgehead atoms. The van der Waals surface area contributed by atoms with Crippen LogP contribution in [0.1, 0.15) is 36.3 Å². The monoisotopic (exact) mass is 499 g/mol. The number of primary amides is 1. The number of hydrogen-bond acceptors (Lipinski definition) is 6. The number of aliphatic carboxylic acids is 1. The number of thioether (sulfide) groups is 1. The molecule has 3 amide bonds. The molecule has 35 heavy (non-hydrogen) atoms. The van der Waals surface area contributed by atoms with E-state index in [9.17, 15) is 24.3 Å². The summed E-state index contributed by atoms with van der Waals surface area (Å²) in [5, 5.41) is 14.3. The van der Waals surface area contributed by atoms with Gasteiger partial charge in [-0.1, -0.05) is 48.5 Å². The number of alkyl carbamates (subject to hydrolysis) is 1. The smallest absolute Gasteiger partial charge is 0.407 e. The quantitative estimate of drug-likeness (QED) is 0.351. The van der Waals surface area contributed by atoms with Crippen molar-refractivity contribution in [1.29, 1.82) is 0 Å². The second kappa shape index (κ2) is 12.3. The first kappa shape index (κ1) is 26.1. The van der Waals surface area contributed by atoms with Crippen molar-refractivity contribution >= 4 is 35.6 Å². The van der Waals surface area contributed by atoms with Gasteiger partial charge < -0.3 is 26.2 Å². The lowest BCUT2D eigenvalue weighted by Gasteiger charge is -2.21. The standard InChI is InChI=1S/C25H29N3O6S/c1-35-13-12-20(23(30)27-21(24(31)32)10-11-22(26)29)28-25(33)34-14-19-17-8-4-2-6-15(17)16-7-3-5-9-18(16)19/h2-9,19-21H,10-14H2,1H3,(H2,26,29)(H,27,30)(H,28,33)(H,31,32)/t20-,21-/m0/s1. The highest BCUT2D eigenvalue weighted by Crippen LogP contribution is 2.44. The molecular formula is C25H29N3O6S. The molecule has 0 aromatic heterocycles. The van der Waals surface area contributed by atoms with Crippen LogP contribution in [0.3, 0.4) is 0 Å². The Morgan fingerprint density at radius 3 is 2.11 bits per heavy atom. The number of nitrogens with two attached hydrogens (primary N) is 1. The minimum Gasteiger partial charge on any atom is -0.480 e. The number of carbonyl (C=O) groups is 4. The molecule has 0 fully saturated rings. The number of ether oxygens (including phenoxy) is 1. The second-order valence-corrected chi connectivity index (χ2v) is 9.19. The lowest BCUT2D eigenvalue weighted by Crippen LogP contribution is -2.52.